The Labute approximate surface area is 395 Å². The molecule has 0 spiro atoms. The van der Waals surface area contributed by atoms with E-state index >= 15 is 0 Å². The summed E-state index contributed by atoms with van der Waals surface area (Å²) < 4.78 is 0. The molecule has 0 unspecified atom stereocenters. The fourth-order valence-electron chi connectivity index (χ4n) is 10.6. The first-order valence-electron chi connectivity index (χ1n) is 23.4. The van der Waals surface area contributed by atoms with Crippen molar-refractivity contribution in [2.24, 2.45) is 0 Å². The number of benzene rings is 13. The lowest BCUT2D eigenvalue weighted by molar-refractivity contribution is 1.29. The minimum absolute atomic E-state index is 1.11. The van der Waals surface area contributed by atoms with Crippen molar-refractivity contribution in [1.29, 1.82) is 0 Å². The third-order valence-electron chi connectivity index (χ3n) is 13.8. The van der Waals surface area contributed by atoms with Crippen molar-refractivity contribution in [3.8, 4) is 22.3 Å². The van der Waals surface area contributed by atoms with Gasteiger partial charge < -0.3 is 9.80 Å². The molecule has 0 fully saturated rings. The second kappa shape index (κ2) is 16.5. The van der Waals surface area contributed by atoms with Crippen molar-refractivity contribution in [2.75, 3.05) is 9.80 Å². The van der Waals surface area contributed by atoms with Crippen molar-refractivity contribution in [3.05, 3.63) is 267 Å². The van der Waals surface area contributed by atoms with Gasteiger partial charge in [-0.2, -0.15) is 0 Å². The summed E-state index contributed by atoms with van der Waals surface area (Å²) in [6.45, 7) is 0. The molecule has 0 atom stereocenters. The molecule has 0 N–H and O–H groups in total. The van der Waals surface area contributed by atoms with Gasteiger partial charge in [-0.1, -0.05) is 182 Å². The maximum atomic E-state index is 2.47. The van der Waals surface area contributed by atoms with Crippen molar-refractivity contribution >= 4 is 98.8 Å². The van der Waals surface area contributed by atoms with Gasteiger partial charge in [0.05, 0.1) is 0 Å². The van der Waals surface area contributed by atoms with E-state index in [1.54, 1.807) is 0 Å². The molecule has 0 aliphatic rings. The fourth-order valence-corrected chi connectivity index (χ4v) is 10.6. The molecule has 0 aliphatic carbocycles. The van der Waals surface area contributed by atoms with Gasteiger partial charge in [0.2, 0.25) is 0 Å². The summed E-state index contributed by atoms with van der Waals surface area (Å²) in [4.78, 5) is 4.75. The monoisotopic (exact) mass is 864 g/mol. The maximum Gasteiger partial charge on any atom is 0.0468 e. The summed E-state index contributed by atoms with van der Waals surface area (Å²) in [5, 5.41) is 15.0. The zero-order chi connectivity index (χ0) is 45.0. The van der Waals surface area contributed by atoms with E-state index in [0.717, 1.165) is 34.1 Å². The van der Waals surface area contributed by atoms with Crippen LogP contribution >= 0.6 is 0 Å². The van der Waals surface area contributed by atoms with Gasteiger partial charge in [0.15, 0.2) is 0 Å². The van der Waals surface area contributed by atoms with Crippen LogP contribution < -0.4 is 9.80 Å². The van der Waals surface area contributed by atoms with Crippen LogP contribution in [0.3, 0.4) is 0 Å². The molecule has 0 aliphatic heterocycles. The van der Waals surface area contributed by atoms with Crippen LogP contribution in [-0.4, -0.2) is 0 Å². The van der Waals surface area contributed by atoms with E-state index in [9.17, 15) is 0 Å². The first-order valence-corrected chi connectivity index (χ1v) is 23.4. The molecule has 13 rings (SSSR count). The smallest absolute Gasteiger partial charge is 0.0468 e. The van der Waals surface area contributed by atoms with Gasteiger partial charge in [0.1, 0.15) is 0 Å². The molecule has 2 heteroatoms. The van der Waals surface area contributed by atoms with Gasteiger partial charge in [0, 0.05) is 34.1 Å². The topological polar surface area (TPSA) is 6.48 Å². The molecule has 318 valence electrons. The van der Waals surface area contributed by atoms with E-state index < -0.39 is 0 Å². The molecular weight excluding hydrogens is 821 g/mol. The van der Waals surface area contributed by atoms with Crippen molar-refractivity contribution in [3.63, 3.8) is 0 Å². The minimum Gasteiger partial charge on any atom is -0.310 e. The zero-order valence-corrected chi connectivity index (χ0v) is 37.3. The lowest BCUT2D eigenvalue weighted by atomic mass is 9.88. The second-order valence-corrected chi connectivity index (χ2v) is 17.7. The van der Waals surface area contributed by atoms with Crippen LogP contribution in [0.5, 0.6) is 0 Å². The largest absolute Gasteiger partial charge is 0.310 e. The van der Waals surface area contributed by atoms with Crippen LogP contribution in [-0.2, 0) is 0 Å². The summed E-state index contributed by atoms with van der Waals surface area (Å²) in [6.07, 6.45) is 0. The minimum atomic E-state index is 1.11. The average Bonchev–Trinajstić information content (AvgIpc) is 3.42. The van der Waals surface area contributed by atoms with Crippen molar-refractivity contribution in [2.45, 2.75) is 0 Å². The number of rotatable bonds is 8. The molecule has 0 radical (unpaired) electrons. The number of nitrogens with zero attached hydrogens (tertiary/aromatic N) is 2. The molecule has 0 heterocycles. The number of para-hydroxylation sites is 2. The summed E-state index contributed by atoms with van der Waals surface area (Å²) in [5.74, 6) is 0. The predicted molar refractivity (Wildman–Crippen MR) is 292 cm³/mol. The van der Waals surface area contributed by atoms with Crippen LogP contribution in [0.4, 0.5) is 34.1 Å². The Balaban J connectivity index is 0.989. The summed E-state index contributed by atoms with van der Waals surface area (Å²) >= 11 is 0. The quantitative estimate of drug-likeness (QED) is 0.111. The average molecular weight is 865 g/mol. The molecule has 68 heavy (non-hydrogen) atoms. The predicted octanol–water partition coefficient (Wildman–Crippen LogP) is 18.9. The highest BCUT2D eigenvalue weighted by atomic mass is 15.1. The first-order chi connectivity index (χ1) is 33.7. The highest BCUT2D eigenvalue weighted by molar-refractivity contribution is 6.33. The van der Waals surface area contributed by atoms with Gasteiger partial charge in [-0.15, -0.1) is 0 Å². The van der Waals surface area contributed by atoms with Crippen LogP contribution in [0.1, 0.15) is 0 Å². The fraction of sp³-hybridized carbons (Fsp3) is 0. The molecule has 0 amide bonds. The van der Waals surface area contributed by atoms with Gasteiger partial charge in [0.25, 0.3) is 0 Å². The van der Waals surface area contributed by atoms with Crippen LogP contribution in [0.2, 0.25) is 0 Å². The second-order valence-electron chi connectivity index (χ2n) is 17.7. The van der Waals surface area contributed by atoms with Crippen molar-refractivity contribution < 1.29 is 0 Å². The Kier molecular flexibility index (Phi) is 9.54. The molecule has 2 nitrogen and oxygen atoms in total. The van der Waals surface area contributed by atoms with Gasteiger partial charge in [-0.3, -0.25) is 0 Å². The van der Waals surface area contributed by atoms with Crippen molar-refractivity contribution in [1.82, 2.24) is 0 Å². The van der Waals surface area contributed by atoms with Gasteiger partial charge in [-0.25, -0.2) is 0 Å². The molecule has 13 aromatic carbocycles. The van der Waals surface area contributed by atoms with E-state index in [2.05, 4.69) is 277 Å². The van der Waals surface area contributed by atoms with Gasteiger partial charge >= 0.3 is 0 Å². The lowest BCUT2D eigenvalue weighted by Gasteiger charge is -2.27. The Morgan fingerprint density at radius 3 is 0.721 bits per heavy atom. The summed E-state index contributed by atoms with van der Waals surface area (Å²) in [5.41, 5.74) is 11.5. The number of anilines is 6. The van der Waals surface area contributed by atoms with E-state index in [1.807, 2.05) is 0 Å². The zero-order valence-electron chi connectivity index (χ0n) is 37.3. The number of hydrogen-bond donors (Lipinski definition) is 0. The third-order valence-corrected chi connectivity index (χ3v) is 13.8. The molecule has 0 saturated carbocycles. The van der Waals surface area contributed by atoms with E-state index in [4.69, 9.17) is 0 Å². The molecular formula is C66H44N2. The Morgan fingerprint density at radius 1 is 0.147 bits per heavy atom. The highest BCUT2D eigenvalue weighted by Gasteiger charge is 2.20. The molecule has 0 bridgehead atoms. The summed E-state index contributed by atoms with van der Waals surface area (Å²) in [6, 6.07) is 97.4. The lowest BCUT2D eigenvalue weighted by Crippen LogP contribution is -2.09. The first kappa shape index (κ1) is 39.4. The molecule has 0 saturated heterocycles. The Bertz CT molecular complexity index is 3720. The van der Waals surface area contributed by atoms with E-state index in [-0.39, 0.29) is 0 Å². The Morgan fingerprint density at radius 2 is 0.382 bits per heavy atom. The molecule has 13 aromatic rings. The summed E-state index contributed by atoms with van der Waals surface area (Å²) in [7, 11) is 0. The SMILES string of the molecule is c1ccc(-c2ccc(N(c3ccccc3)c3ccc4c(c3)c3ccccc3c3cc5c6ccc(N(c7ccccc7)c7ccc(-c8ccccc8)cc7)cc6c6ccccc6c5cc43)cc2)cc1. The van der Waals surface area contributed by atoms with Crippen LogP contribution in [0.15, 0.2) is 267 Å². The van der Waals surface area contributed by atoms with E-state index in [0.29, 0.717) is 0 Å². The molecule has 0 aromatic heterocycles. The van der Waals surface area contributed by atoms with Gasteiger partial charge in [-0.05, 0) is 172 Å². The van der Waals surface area contributed by atoms with Crippen LogP contribution in [0, 0.1) is 0 Å². The maximum absolute atomic E-state index is 2.47. The normalized spacial score (nSPS) is 11.5. The van der Waals surface area contributed by atoms with E-state index in [1.165, 1.54) is 86.9 Å². The Hall–Kier alpha value is -8.98. The van der Waals surface area contributed by atoms with Crippen LogP contribution in [0.25, 0.3) is 86.9 Å². The highest BCUT2D eigenvalue weighted by Crippen LogP contribution is 2.46. The third kappa shape index (κ3) is 6.73. The standard InChI is InChI=1S/C66H44N2/c1-5-17-45(18-6-1)47-29-33-51(34-30-47)67(49-21-9-3-10-22-49)53-37-39-59-61(41-53)55-25-13-15-27-57(55)63-44-66-60-40-38-54(42-62(60)56-26-14-16-28-58(56)64(66)43-65(59)63)68(50-23-11-4-12-24-50)52-35-31-48(32-36-52)46-19-7-2-8-20-46/h1-44H. The number of fused-ring (bicyclic) bond motifs is 12. The number of hydrogen-bond acceptors (Lipinski definition) is 2.